The normalized spacial score (nSPS) is 11.1. The summed E-state index contributed by atoms with van der Waals surface area (Å²) in [7, 11) is 1.07. The van der Waals surface area contributed by atoms with Gasteiger partial charge in [0.1, 0.15) is 23.0 Å². The molecule has 7 nitrogen and oxygen atoms in total. The zero-order valence-corrected chi connectivity index (χ0v) is 20.5. The fourth-order valence-electron chi connectivity index (χ4n) is 3.54. The van der Waals surface area contributed by atoms with E-state index in [0.717, 1.165) is 19.2 Å². The highest BCUT2D eigenvalue weighted by molar-refractivity contribution is 5.97. The van der Waals surface area contributed by atoms with Crippen LogP contribution >= 0.6 is 0 Å². The number of esters is 1. The van der Waals surface area contributed by atoms with Gasteiger partial charge in [-0.3, -0.25) is 10.2 Å². The van der Waals surface area contributed by atoms with Crippen molar-refractivity contribution in [2.75, 3.05) is 13.7 Å². The molecule has 0 fully saturated rings. The Hall–Kier alpha value is -4.55. The Morgan fingerprint density at radius 1 is 0.949 bits per heavy atom. The van der Waals surface area contributed by atoms with E-state index in [-0.39, 0.29) is 41.4 Å². The Kier molecular flexibility index (Phi) is 8.84. The van der Waals surface area contributed by atoms with Crippen LogP contribution in [0.15, 0.2) is 54.6 Å². The number of carbonyl (C=O) groups excluding carboxylic acids is 3. The third kappa shape index (κ3) is 6.86. The summed E-state index contributed by atoms with van der Waals surface area (Å²) in [5.74, 6) is -5.08. The maximum Gasteiger partial charge on any atom is 0.416 e. The highest BCUT2D eigenvalue weighted by Crippen LogP contribution is 2.31. The van der Waals surface area contributed by atoms with Gasteiger partial charge in [-0.05, 0) is 48.4 Å². The lowest BCUT2D eigenvalue weighted by atomic mass is 9.98. The first-order valence-electron chi connectivity index (χ1n) is 11.3. The van der Waals surface area contributed by atoms with Crippen LogP contribution in [0.1, 0.15) is 38.8 Å². The predicted octanol–water partition coefficient (Wildman–Crippen LogP) is 5.45. The Morgan fingerprint density at radius 3 is 2.28 bits per heavy atom. The fraction of sp³-hybridized carbons (Fsp3) is 0.192. The van der Waals surface area contributed by atoms with Crippen molar-refractivity contribution in [1.82, 2.24) is 15.8 Å². The van der Waals surface area contributed by atoms with Crippen LogP contribution in [0.2, 0.25) is 0 Å². The average Bonchev–Trinajstić information content (AvgIpc) is 2.89. The molecule has 39 heavy (non-hydrogen) atoms. The number of hydrogen-bond acceptors (Lipinski definition) is 4. The number of carbonyl (C=O) groups is 3. The van der Waals surface area contributed by atoms with E-state index in [9.17, 15) is 40.7 Å². The largest absolute Gasteiger partial charge is 0.465 e. The van der Waals surface area contributed by atoms with Gasteiger partial charge in [0.2, 0.25) is 0 Å². The first-order valence-corrected chi connectivity index (χ1v) is 11.3. The number of benzene rings is 3. The summed E-state index contributed by atoms with van der Waals surface area (Å²) >= 11 is 0. The number of rotatable bonds is 6. The van der Waals surface area contributed by atoms with Crippen molar-refractivity contribution in [2.24, 2.45) is 0 Å². The Balaban J connectivity index is 1.72. The zero-order chi connectivity index (χ0) is 28.9. The number of nitrogens with zero attached hydrogens (tertiary/aromatic N) is 1. The molecule has 0 aliphatic heterocycles. The first kappa shape index (κ1) is 29.0. The maximum absolute atomic E-state index is 14.8. The molecule has 2 N–H and O–H groups in total. The number of methoxy groups -OCH3 is 1. The van der Waals surface area contributed by atoms with Crippen molar-refractivity contribution in [3.05, 3.63) is 94.3 Å². The third-order valence-electron chi connectivity index (χ3n) is 5.48. The molecule has 13 heteroatoms. The van der Waals surface area contributed by atoms with Crippen molar-refractivity contribution in [2.45, 2.75) is 19.6 Å². The molecule has 0 aliphatic rings. The SMILES string of the molecule is CCN(NC(=O)c1cc(F)cc(C(F)(F)F)c1)C(=O)NCc1ccc(-c2cccc(F)c2C(=O)OC)cc1F. The summed E-state index contributed by atoms with van der Waals surface area (Å²) in [5.41, 5.74) is -0.111. The number of alkyl halides is 3. The smallest absolute Gasteiger partial charge is 0.416 e. The van der Waals surface area contributed by atoms with Crippen molar-refractivity contribution >= 4 is 17.9 Å². The molecular weight excluding hydrogens is 532 g/mol. The summed E-state index contributed by atoms with van der Waals surface area (Å²) in [6, 6.07) is 7.83. The summed E-state index contributed by atoms with van der Waals surface area (Å²) < 4.78 is 86.0. The lowest BCUT2D eigenvalue weighted by Crippen LogP contribution is -2.50. The molecule has 0 aliphatic carbocycles. The van der Waals surface area contributed by atoms with Crippen molar-refractivity contribution < 1.29 is 45.5 Å². The summed E-state index contributed by atoms with van der Waals surface area (Å²) in [5, 5.41) is 3.06. The number of amides is 3. The van der Waals surface area contributed by atoms with Gasteiger partial charge >= 0.3 is 18.2 Å². The van der Waals surface area contributed by atoms with E-state index in [1.54, 1.807) is 0 Å². The Morgan fingerprint density at radius 2 is 1.67 bits per heavy atom. The number of hydrazine groups is 1. The number of halogens is 6. The van der Waals surface area contributed by atoms with Gasteiger partial charge < -0.3 is 10.1 Å². The number of ether oxygens (including phenoxy) is 1. The van der Waals surface area contributed by atoms with E-state index in [0.29, 0.717) is 17.1 Å². The van der Waals surface area contributed by atoms with Crippen LogP contribution in [0.5, 0.6) is 0 Å². The van der Waals surface area contributed by atoms with Crippen LogP contribution in [-0.2, 0) is 17.5 Å². The van der Waals surface area contributed by atoms with E-state index in [1.165, 1.54) is 31.2 Å². The van der Waals surface area contributed by atoms with Gasteiger partial charge in [0.15, 0.2) is 0 Å². The standard InChI is InChI=1S/C26H21F6N3O4/c1-3-35(34-23(36)16-9-17(26(30,31)32)12-18(27)10-16)25(38)33-13-15-8-7-14(11-21(15)29)19-5-4-6-20(28)22(19)24(37)39-2/h4-12H,3,13H2,1-2H3,(H,33,38)(H,34,36). The molecule has 0 heterocycles. The molecule has 206 valence electrons. The van der Waals surface area contributed by atoms with Gasteiger partial charge in [-0.25, -0.2) is 27.8 Å². The van der Waals surface area contributed by atoms with Crippen molar-refractivity contribution in [1.29, 1.82) is 0 Å². The molecule has 0 spiro atoms. The molecule has 0 atom stereocenters. The van der Waals surface area contributed by atoms with E-state index in [4.69, 9.17) is 0 Å². The quantitative estimate of drug-likeness (QED) is 0.241. The third-order valence-corrected chi connectivity index (χ3v) is 5.48. The van der Waals surface area contributed by atoms with Gasteiger partial charge in [-0.2, -0.15) is 13.2 Å². The molecule has 0 bridgehead atoms. The highest BCUT2D eigenvalue weighted by atomic mass is 19.4. The topological polar surface area (TPSA) is 87.7 Å². The average molecular weight is 553 g/mol. The van der Waals surface area contributed by atoms with Crippen molar-refractivity contribution in [3.8, 4) is 11.1 Å². The molecule has 3 amide bonds. The molecule has 0 radical (unpaired) electrons. The maximum atomic E-state index is 14.8. The van der Waals surface area contributed by atoms with Gasteiger partial charge in [0.05, 0.1) is 12.7 Å². The Labute approximate surface area is 218 Å². The summed E-state index contributed by atoms with van der Waals surface area (Å²) in [6.45, 7) is 0.929. The van der Waals surface area contributed by atoms with Crippen LogP contribution in [0, 0.1) is 17.5 Å². The molecule has 3 aromatic rings. The molecule has 3 rings (SSSR count). The van der Waals surface area contributed by atoms with Gasteiger partial charge in [-0.1, -0.05) is 24.3 Å². The van der Waals surface area contributed by atoms with Crippen LogP contribution < -0.4 is 10.7 Å². The van der Waals surface area contributed by atoms with E-state index < -0.39 is 52.7 Å². The molecule has 0 aromatic heterocycles. The lowest BCUT2D eigenvalue weighted by molar-refractivity contribution is -0.137. The second-order valence-electron chi connectivity index (χ2n) is 8.03. The number of urea groups is 1. The minimum Gasteiger partial charge on any atom is -0.465 e. The number of nitrogens with one attached hydrogen (secondary N) is 2. The van der Waals surface area contributed by atoms with Crippen LogP contribution in [-0.4, -0.2) is 36.6 Å². The monoisotopic (exact) mass is 553 g/mol. The van der Waals surface area contributed by atoms with Gasteiger partial charge in [0.25, 0.3) is 5.91 Å². The first-order chi connectivity index (χ1) is 18.3. The molecule has 0 saturated carbocycles. The van der Waals surface area contributed by atoms with E-state index in [1.807, 2.05) is 0 Å². The molecular formula is C26H21F6N3O4. The molecule has 0 unspecified atom stereocenters. The zero-order valence-electron chi connectivity index (χ0n) is 20.5. The predicted molar refractivity (Wildman–Crippen MR) is 127 cm³/mol. The second-order valence-corrected chi connectivity index (χ2v) is 8.03. The van der Waals surface area contributed by atoms with E-state index >= 15 is 0 Å². The van der Waals surface area contributed by atoms with Gasteiger partial charge in [0, 0.05) is 24.2 Å². The second kappa shape index (κ2) is 11.9. The summed E-state index contributed by atoms with van der Waals surface area (Å²) in [6.07, 6.45) is -4.89. The van der Waals surface area contributed by atoms with Crippen LogP contribution in [0.3, 0.4) is 0 Å². The van der Waals surface area contributed by atoms with Gasteiger partial charge in [-0.15, -0.1) is 0 Å². The summed E-state index contributed by atoms with van der Waals surface area (Å²) in [4.78, 5) is 36.9. The minimum absolute atomic E-state index is 0.00884. The Bertz CT molecular complexity index is 1410. The van der Waals surface area contributed by atoms with Crippen LogP contribution in [0.4, 0.5) is 31.1 Å². The highest BCUT2D eigenvalue weighted by Gasteiger charge is 2.32. The van der Waals surface area contributed by atoms with E-state index in [2.05, 4.69) is 15.5 Å². The lowest BCUT2D eigenvalue weighted by Gasteiger charge is -2.22. The van der Waals surface area contributed by atoms with Crippen LogP contribution in [0.25, 0.3) is 11.1 Å². The molecule has 3 aromatic carbocycles. The minimum atomic E-state index is -4.89. The number of hydrogen-bond donors (Lipinski definition) is 2. The molecule has 0 saturated heterocycles. The fourth-order valence-corrected chi connectivity index (χ4v) is 3.54. The van der Waals surface area contributed by atoms with Crippen molar-refractivity contribution in [3.63, 3.8) is 0 Å².